The van der Waals surface area contributed by atoms with Gasteiger partial charge in [-0.1, -0.05) is 6.07 Å². The topological polar surface area (TPSA) is 66.2 Å². The van der Waals surface area contributed by atoms with Gasteiger partial charge in [-0.05, 0) is 25.1 Å². The predicted octanol–water partition coefficient (Wildman–Crippen LogP) is 1.85. The minimum atomic E-state index is -0.442. The van der Waals surface area contributed by atoms with Crippen LogP contribution in [0.5, 0.6) is 0 Å². The molecule has 2 rings (SSSR count). The summed E-state index contributed by atoms with van der Waals surface area (Å²) in [6, 6.07) is 6.93. The molecule has 0 aromatic carbocycles. The first-order chi connectivity index (χ1) is 9.70. The molecule has 0 N–H and O–H groups in total. The number of hydrogen-bond donors (Lipinski definition) is 0. The number of carbonyl (C=O) groups is 1. The lowest BCUT2D eigenvalue weighted by Gasteiger charge is -2.09. The van der Waals surface area contributed by atoms with Crippen molar-refractivity contribution in [1.82, 2.24) is 14.8 Å². The monoisotopic (exact) mass is 275 g/mol. The van der Waals surface area contributed by atoms with Gasteiger partial charge in [0.05, 0.1) is 12.7 Å². The Morgan fingerprint density at radius 3 is 2.95 bits per heavy atom. The summed E-state index contributed by atoms with van der Waals surface area (Å²) in [7, 11) is 1.63. The molecule has 6 nitrogen and oxygen atoms in total. The Morgan fingerprint density at radius 1 is 1.40 bits per heavy atom. The van der Waals surface area contributed by atoms with Crippen molar-refractivity contribution in [3.8, 4) is 5.82 Å². The molecule has 20 heavy (non-hydrogen) atoms. The van der Waals surface area contributed by atoms with Gasteiger partial charge in [0.15, 0.2) is 11.5 Å². The average Bonchev–Trinajstić information content (AvgIpc) is 3.01. The molecule has 0 aliphatic rings. The lowest BCUT2D eigenvalue weighted by atomic mass is 10.3. The van der Waals surface area contributed by atoms with E-state index in [0.29, 0.717) is 18.8 Å². The van der Waals surface area contributed by atoms with Gasteiger partial charge in [-0.15, -0.1) is 0 Å². The molecule has 1 unspecified atom stereocenters. The number of methoxy groups -OCH3 is 1. The first-order valence-corrected chi connectivity index (χ1v) is 6.37. The first-order valence-electron chi connectivity index (χ1n) is 6.37. The van der Waals surface area contributed by atoms with Crippen LogP contribution in [0.25, 0.3) is 5.82 Å². The Morgan fingerprint density at radius 2 is 2.25 bits per heavy atom. The molecular weight excluding hydrogens is 258 g/mol. The van der Waals surface area contributed by atoms with Gasteiger partial charge in [0.25, 0.3) is 0 Å². The van der Waals surface area contributed by atoms with E-state index in [1.807, 2.05) is 6.92 Å². The highest BCUT2D eigenvalue weighted by Crippen LogP contribution is 2.06. The van der Waals surface area contributed by atoms with Crippen molar-refractivity contribution in [2.24, 2.45) is 0 Å². The molecule has 1 atom stereocenters. The van der Waals surface area contributed by atoms with E-state index < -0.39 is 5.97 Å². The fraction of sp³-hybridized carbons (Fsp3) is 0.357. The van der Waals surface area contributed by atoms with Crippen LogP contribution in [-0.2, 0) is 9.47 Å². The maximum absolute atomic E-state index is 11.9. The third kappa shape index (κ3) is 3.64. The summed E-state index contributed by atoms with van der Waals surface area (Å²) in [5.74, 6) is 0.136. The highest BCUT2D eigenvalue weighted by atomic mass is 16.5. The second kappa shape index (κ2) is 6.81. The molecule has 0 spiro atoms. The molecule has 0 aliphatic carbocycles. The van der Waals surface area contributed by atoms with Gasteiger partial charge in [-0.3, -0.25) is 0 Å². The molecule has 0 fully saturated rings. The molecule has 0 aliphatic heterocycles. The molecule has 2 heterocycles. The maximum atomic E-state index is 11.9. The Kier molecular flexibility index (Phi) is 4.84. The molecule has 106 valence electrons. The molecule has 2 aromatic heterocycles. The van der Waals surface area contributed by atoms with Gasteiger partial charge in [-0.2, -0.15) is 5.10 Å². The third-order valence-electron chi connectivity index (χ3n) is 2.84. The van der Waals surface area contributed by atoms with Crippen molar-refractivity contribution >= 4 is 5.97 Å². The van der Waals surface area contributed by atoms with Crippen LogP contribution in [0, 0.1) is 0 Å². The molecule has 0 bridgehead atoms. The van der Waals surface area contributed by atoms with Gasteiger partial charge < -0.3 is 9.47 Å². The molecule has 0 radical (unpaired) electrons. The standard InChI is InChI=1S/C14H17N3O3/c1-11(19-2)7-10-20-14(18)12-5-3-6-13(16-12)17-9-4-8-15-17/h3-6,8-9,11H,7,10H2,1-2H3. The number of hydrogen-bond acceptors (Lipinski definition) is 5. The van der Waals surface area contributed by atoms with Crippen molar-refractivity contribution in [3.05, 3.63) is 42.4 Å². The van der Waals surface area contributed by atoms with E-state index in [0.717, 1.165) is 0 Å². The van der Waals surface area contributed by atoms with Crippen LogP contribution < -0.4 is 0 Å². The highest BCUT2D eigenvalue weighted by Gasteiger charge is 2.11. The maximum Gasteiger partial charge on any atom is 0.357 e. The van der Waals surface area contributed by atoms with Crippen molar-refractivity contribution in [2.75, 3.05) is 13.7 Å². The summed E-state index contributed by atoms with van der Waals surface area (Å²) in [5.41, 5.74) is 0.267. The van der Waals surface area contributed by atoms with Gasteiger partial charge in [-0.25, -0.2) is 14.5 Å². The van der Waals surface area contributed by atoms with E-state index in [1.165, 1.54) is 0 Å². The number of pyridine rings is 1. The summed E-state index contributed by atoms with van der Waals surface area (Å²) in [4.78, 5) is 16.1. The van der Waals surface area contributed by atoms with Crippen molar-refractivity contribution in [1.29, 1.82) is 0 Å². The Balaban J connectivity index is 1.98. The predicted molar refractivity (Wildman–Crippen MR) is 72.7 cm³/mol. The normalized spacial score (nSPS) is 12.1. The number of ether oxygens (including phenoxy) is 2. The zero-order valence-corrected chi connectivity index (χ0v) is 11.5. The second-order valence-corrected chi connectivity index (χ2v) is 4.30. The van der Waals surface area contributed by atoms with Crippen LogP contribution >= 0.6 is 0 Å². The molecule has 6 heteroatoms. The lowest BCUT2D eigenvalue weighted by molar-refractivity contribution is 0.0385. The largest absolute Gasteiger partial charge is 0.461 e. The van der Waals surface area contributed by atoms with E-state index in [9.17, 15) is 4.79 Å². The summed E-state index contributed by atoms with van der Waals surface area (Å²) < 4.78 is 11.8. The van der Waals surface area contributed by atoms with Crippen molar-refractivity contribution in [2.45, 2.75) is 19.4 Å². The number of aromatic nitrogens is 3. The molecular formula is C14H17N3O3. The highest BCUT2D eigenvalue weighted by molar-refractivity contribution is 5.87. The summed E-state index contributed by atoms with van der Waals surface area (Å²) in [6.45, 7) is 2.23. The summed E-state index contributed by atoms with van der Waals surface area (Å²) in [6.07, 6.45) is 4.13. The van der Waals surface area contributed by atoms with Crippen LogP contribution in [0.1, 0.15) is 23.8 Å². The van der Waals surface area contributed by atoms with Crippen LogP contribution in [0.15, 0.2) is 36.7 Å². The molecule has 0 saturated heterocycles. The second-order valence-electron chi connectivity index (χ2n) is 4.30. The number of nitrogens with zero attached hydrogens (tertiary/aromatic N) is 3. The van der Waals surface area contributed by atoms with Gasteiger partial charge in [0.2, 0.25) is 0 Å². The van der Waals surface area contributed by atoms with Crippen molar-refractivity contribution in [3.63, 3.8) is 0 Å². The Hall–Kier alpha value is -2.21. The average molecular weight is 275 g/mol. The smallest absolute Gasteiger partial charge is 0.357 e. The third-order valence-corrected chi connectivity index (χ3v) is 2.84. The van der Waals surface area contributed by atoms with Crippen LogP contribution in [0.3, 0.4) is 0 Å². The van der Waals surface area contributed by atoms with Gasteiger partial charge in [0, 0.05) is 25.9 Å². The molecule has 0 amide bonds. The van der Waals surface area contributed by atoms with Gasteiger partial charge in [0.1, 0.15) is 0 Å². The quantitative estimate of drug-likeness (QED) is 0.753. The van der Waals surface area contributed by atoms with E-state index in [2.05, 4.69) is 10.1 Å². The van der Waals surface area contributed by atoms with E-state index in [1.54, 1.807) is 48.5 Å². The lowest BCUT2D eigenvalue weighted by Crippen LogP contribution is -2.14. The molecule has 0 saturated carbocycles. The van der Waals surface area contributed by atoms with Gasteiger partial charge >= 0.3 is 5.97 Å². The van der Waals surface area contributed by atoms with Crippen molar-refractivity contribution < 1.29 is 14.3 Å². The fourth-order valence-electron chi connectivity index (χ4n) is 1.58. The first kappa shape index (κ1) is 14.2. The Labute approximate surface area is 117 Å². The summed E-state index contributed by atoms with van der Waals surface area (Å²) in [5, 5.41) is 4.07. The number of carbonyl (C=O) groups excluding carboxylic acids is 1. The van der Waals surface area contributed by atoms with E-state index in [4.69, 9.17) is 9.47 Å². The van der Waals surface area contributed by atoms with Crippen LogP contribution in [-0.4, -0.2) is 40.6 Å². The van der Waals surface area contributed by atoms with Crippen LogP contribution in [0.4, 0.5) is 0 Å². The number of rotatable bonds is 6. The Bertz CT molecular complexity index is 555. The zero-order chi connectivity index (χ0) is 14.4. The van der Waals surface area contributed by atoms with Crippen LogP contribution in [0.2, 0.25) is 0 Å². The van der Waals surface area contributed by atoms with E-state index >= 15 is 0 Å². The zero-order valence-electron chi connectivity index (χ0n) is 11.5. The summed E-state index contributed by atoms with van der Waals surface area (Å²) >= 11 is 0. The SMILES string of the molecule is COC(C)CCOC(=O)c1cccc(-n2cccn2)n1. The fourth-order valence-corrected chi connectivity index (χ4v) is 1.58. The molecule has 2 aromatic rings. The minimum Gasteiger partial charge on any atom is -0.461 e. The minimum absolute atomic E-state index is 0.0613. The number of esters is 1. The van der Waals surface area contributed by atoms with E-state index in [-0.39, 0.29) is 11.8 Å².